The summed E-state index contributed by atoms with van der Waals surface area (Å²) in [6.07, 6.45) is 2.77. The van der Waals surface area contributed by atoms with E-state index >= 15 is 0 Å². The van der Waals surface area contributed by atoms with Gasteiger partial charge in [0.15, 0.2) is 0 Å². The quantitative estimate of drug-likeness (QED) is 0.101. The van der Waals surface area contributed by atoms with Crippen LogP contribution in [0.2, 0.25) is 0 Å². The van der Waals surface area contributed by atoms with E-state index < -0.39 is 39.7 Å². The monoisotopic (exact) mass is 780 g/mol. The summed E-state index contributed by atoms with van der Waals surface area (Å²) in [4.78, 5) is 78.8. The van der Waals surface area contributed by atoms with E-state index in [0.29, 0.717) is 71.3 Å². The van der Waals surface area contributed by atoms with Crippen molar-refractivity contribution < 1.29 is 41.9 Å². The van der Waals surface area contributed by atoms with Crippen LogP contribution in [0.15, 0.2) is 71.6 Å². The van der Waals surface area contributed by atoms with E-state index in [1.54, 1.807) is 61.6 Å². The summed E-state index contributed by atoms with van der Waals surface area (Å²) in [7, 11) is -1.00. The van der Waals surface area contributed by atoms with Gasteiger partial charge < -0.3 is 20.3 Å². The summed E-state index contributed by atoms with van der Waals surface area (Å²) < 4.78 is 34.9. The van der Waals surface area contributed by atoms with Gasteiger partial charge >= 0.3 is 0 Å². The van der Waals surface area contributed by atoms with Crippen LogP contribution < -0.4 is 30.3 Å². The lowest BCUT2D eigenvalue weighted by molar-refractivity contribution is -0.136. The molecule has 0 bridgehead atoms. The first-order valence-electron chi connectivity index (χ1n) is 18.3. The van der Waals surface area contributed by atoms with Crippen molar-refractivity contribution in [1.29, 1.82) is 0 Å². The number of amides is 6. The first-order chi connectivity index (χ1) is 26.9. The second-order valence-electron chi connectivity index (χ2n) is 13.8. The van der Waals surface area contributed by atoms with E-state index in [0.717, 1.165) is 11.3 Å². The molecule has 1 atom stereocenters. The Kier molecular flexibility index (Phi) is 10.5. The number of para-hydroxylation sites is 1. The molecule has 56 heavy (non-hydrogen) atoms. The van der Waals surface area contributed by atoms with Gasteiger partial charge in [0, 0.05) is 49.4 Å². The third-order valence-corrected chi connectivity index (χ3v) is 11.7. The second kappa shape index (κ2) is 15.5. The number of sulfonamides is 1. The average Bonchev–Trinajstić information content (AvgIpc) is 3.58. The standard InChI is InChI=1S/C40H40N6O9S/c1-45-29-15-14-27(44-56(53,54)32-12-5-4-11-31(32)55-2)25-21-23(22-26(35(25)29)38(45)50)13-17-33(47)42-20-7-3-6-19-41-28-10-8-9-24-36(28)40(52)46(39(24)51)30-16-18-34(48)43-37(30)49/h4-5,8-12,14-15,21-22,30,41,44H,3,6-7,13,16-20H2,1-2H3,(H,42,47)(H,43,48,49). The van der Waals surface area contributed by atoms with Crippen molar-refractivity contribution in [2.75, 3.05) is 42.2 Å². The number of ether oxygens (including phenoxy) is 1. The number of methoxy groups -OCH3 is 1. The van der Waals surface area contributed by atoms with Gasteiger partial charge in [-0.1, -0.05) is 18.2 Å². The fraction of sp³-hybridized carbons (Fsp3) is 0.300. The van der Waals surface area contributed by atoms with Gasteiger partial charge in [0.25, 0.3) is 27.7 Å². The third kappa shape index (κ3) is 7.14. The molecule has 3 heterocycles. The number of rotatable bonds is 15. The molecule has 1 fully saturated rings. The number of nitrogens with one attached hydrogen (secondary N) is 4. The number of hydrogen-bond donors (Lipinski definition) is 4. The highest BCUT2D eigenvalue weighted by molar-refractivity contribution is 7.92. The number of carbonyl (C=O) groups excluding carboxylic acids is 6. The summed E-state index contributed by atoms with van der Waals surface area (Å²) in [5.41, 5.74) is 3.00. The van der Waals surface area contributed by atoms with Crippen molar-refractivity contribution >= 4 is 73.3 Å². The topological polar surface area (TPSA) is 200 Å². The predicted octanol–water partition coefficient (Wildman–Crippen LogP) is 3.97. The van der Waals surface area contributed by atoms with Crippen LogP contribution >= 0.6 is 0 Å². The Morgan fingerprint density at radius 2 is 1.66 bits per heavy atom. The summed E-state index contributed by atoms with van der Waals surface area (Å²) in [5, 5.41) is 9.53. The molecule has 7 rings (SSSR count). The minimum atomic E-state index is -4.06. The van der Waals surface area contributed by atoms with Gasteiger partial charge in [0.05, 0.1) is 35.2 Å². The lowest BCUT2D eigenvalue weighted by atomic mass is 9.98. The molecule has 3 aliphatic rings. The molecule has 4 aromatic carbocycles. The molecule has 0 aromatic heterocycles. The van der Waals surface area contributed by atoms with Crippen molar-refractivity contribution in [3.8, 4) is 5.75 Å². The van der Waals surface area contributed by atoms with E-state index in [1.165, 1.54) is 18.1 Å². The highest BCUT2D eigenvalue weighted by atomic mass is 32.2. The van der Waals surface area contributed by atoms with E-state index in [1.807, 2.05) is 6.07 Å². The van der Waals surface area contributed by atoms with E-state index in [-0.39, 0.29) is 52.8 Å². The van der Waals surface area contributed by atoms with Crippen LogP contribution in [0.4, 0.5) is 17.1 Å². The zero-order chi connectivity index (χ0) is 39.7. The summed E-state index contributed by atoms with van der Waals surface area (Å²) in [6.45, 7) is 0.944. The molecule has 15 nitrogen and oxygen atoms in total. The summed E-state index contributed by atoms with van der Waals surface area (Å²) in [6, 6.07) is 17.1. The molecule has 1 saturated heterocycles. The number of piperidine rings is 1. The molecule has 3 aliphatic heterocycles. The molecule has 4 aromatic rings. The fourth-order valence-corrected chi connectivity index (χ4v) is 8.68. The lowest BCUT2D eigenvalue weighted by Crippen LogP contribution is -2.54. The van der Waals surface area contributed by atoms with Crippen LogP contribution in [0.3, 0.4) is 0 Å². The maximum atomic E-state index is 13.5. The Bertz CT molecular complexity index is 2430. The Morgan fingerprint density at radius 1 is 0.875 bits per heavy atom. The van der Waals surface area contributed by atoms with Crippen LogP contribution in [0.1, 0.15) is 75.2 Å². The number of benzene rings is 4. The predicted molar refractivity (Wildman–Crippen MR) is 207 cm³/mol. The van der Waals surface area contributed by atoms with E-state index in [4.69, 9.17) is 4.74 Å². The number of anilines is 3. The maximum Gasteiger partial charge on any atom is 0.265 e. The van der Waals surface area contributed by atoms with Gasteiger partial charge in [0.1, 0.15) is 16.7 Å². The smallest absolute Gasteiger partial charge is 0.265 e. The van der Waals surface area contributed by atoms with Crippen molar-refractivity contribution in [2.45, 2.75) is 55.9 Å². The first kappa shape index (κ1) is 38.0. The Labute approximate surface area is 322 Å². The van der Waals surface area contributed by atoms with E-state index in [2.05, 4.69) is 20.7 Å². The van der Waals surface area contributed by atoms with Crippen LogP contribution in [-0.4, -0.2) is 82.0 Å². The number of aryl methyl sites for hydroxylation is 1. The zero-order valence-corrected chi connectivity index (χ0v) is 31.6. The van der Waals surface area contributed by atoms with E-state index in [9.17, 15) is 37.2 Å². The summed E-state index contributed by atoms with van der Waals surface area (Å²) >= 11 is 0. The number of imide groups is 2. The van der Waals surface area contributed by atoms with Crippen LogP contribution in [-0.2, 0) is 30.8 Å². The van der Waals surface area contributed by atoms with Gasteiger partial charge in [-0.05, 0) is 86.2 Å². The van der Waals surface area contributed by atoms with Crippen LogP contribution in [0.5, 0.6) is 5.75 Å². The number of fused-ring (bicyclic) bond motifs is 1. The second-order valence-corrected chi connectivity index (χ2v) is 15.5. The molecule has 290 valence electrons. The molecule has 16 heteroatoms. The normalized spacial score (nSPS) is 16.3. The largest absolute Gasteiger partial charge is 0.495 e. The van der Waals surface area contributed by atoms with Crippen molar-refractivity contribution in [3.05, 3.63) is 89.0 Å². The zero-order valence-electron chi connectivity index (χ0n) is 30.8. The van der Waals surface area contributed by atoms with Crippen LogP contribution in [0, 0.1) is 0 Å². The molecule has 4 N–H and O–H groups in total. The molecular formula is C40H40N6O9S. The third-order valence-electron chi connectivity index (χ3n) is 10.3. The minimum Gasteiger partial charge on any atom is -0.495 e. The minimum absolute atomic E-state index is 0.0271. The summed E-state index contributed by atoms with van der Waals surface area (Å²) in [5.74, 6) is -2.43. The van der Waals surface area contributed by atoms with Crippen LogP contribution in [0.25, 0.3) is 10.8 Å². The van der Waals surface area contributed by atoms with Gasteiger partial charge in [-0.3, -0.25) is 43.7 Å². The van der Waals surface area contributed by atoms with Gasteiger partial charge in [-0.2, -0.15) is 0 Å². The highest BCUT2D eigenvalue weighted by Crippen LogP contribution is 2.42. The fourth-order valence-electron chi connectivity index (χ4n) is 7.42. The van der Waals surface area contributed by atoms with Gasteiger partial charge in [0.2, 0.25) is 17.7 Å². The van der Waals surface area contributed by atoms with Crippen molar-refractivity contribution in [2.24, 2.45) is 0 Å². The number of carbonyl (C=O) groups is 6. The molecule has 0 radical (unpaired) electrons. The molecule has 1 unspecified atom stereocenters. The molecular weight excluding hydrogens is 741 g/mol. The van der Waals surface area contributed by atoms with Gasteiger partial charge in [-0.25, -0.2) is 8.42 Å². The average molecular weight is 781 g/mol. The highest BCUT2D eigenvalue weighted by Gasteiger charge is 2.45. The Hall–Kier alpha value is -6.29. The number of nitrogens with zero attached hydrogens (tertiary/aromatic N) is 2. The molecule has 0 aliphatic carbocycles. The van der Waals surface area contributed by atoms with Gasteiger partial charge in [-0.15, -0.1) is 0 Å². The maximum absolute atomic E-state index is 13.5. The SMILES string of the molecule is COc1ccccc1S(=O)(=O)Nc1ccc2c3c(cc(CCC(=O)NCCCCCNc4cccc5c4C(=O)N(C4CCC(=O)NC4=O)C5=O)cc13)C(=O)N2C. The molecule has 0 spiro atoms. The molecule has 6 amide bonds. The number of hydrogen-bond acceptors (Lipinski definition) is 10. The first-order valence-corrected chi connectivity index (χ1v) is 19.8. The number of unbranched alkanes of at least 4 members (excludes halogenated alkanes) is 2. The van der Waals surface area contributed by atoms with Crippen molar-refractivity contribution in [3.63, 3.8) is 0 Å². The molecule has 0 saturated carbocycles. The lowest BCUT2D eigenvalue weighted by Gasteiger charge is -2.27. The van der Waals surface area contributed by atoms with Crippen molar-refractivity contribution in [1.82, 2.24) is 15.5 Å². The Morgan fingerprint density at radius 3 is 2.45 bits per heavy atom. The Balaban J connectivity index is 0.914.